The zero-order chi connectivity index (χ0) is 12.7. The van der Waals surface area contributed by atoms with Crippen molar-refractivity contribution in [3.8, 4) is 0 Å². The molecule has 0 radical (unpaired) electrons. The van der Waals surface area contributed by atoms with Gasteiger partial charge in [-0.1, -0.05) is 12.2 Å². The predicted octanol–water partition coefficient (Wildman–Crippen LogP) is 2.52. The minimum Gasteiger partial charge on any atom is -0.365 e. The topological polar surface area (TPSA) is 46.5 Å². The first kappa shape index (κ1) is 13.9. The van der Waals surface area contributed by atoms with Crippen LogP contribution in [0.4, 0.5) is 0 Å². The number of carbonyl (C=O) groups is 1. The molecule has 0 fully saturated rings. The number of aliphatic hydroxyl groups excluding tert-OH is 1. The van der Waals surface area contributed by atoms with E-state index in [1.54, 1.807) is 6.08 Å². The Hall–Kier alpha value is -1.19. The predicted molar refractivity (Wildman–Crippen MR) is 67.4 cm³/mol. The van der Waals surface area contributed by atoms with E-state index < -0.39 is 11.9 Å². The Balaban J connectivity index is 2.76. The molecular weight excluding hydrogens is 216 g/mol. The van der Waals surface area contributed by atoms with Crippen LogP contribution in [0.2, 0.25) is 0 Å². The van der Waals surface area contributed by atoms with Crippen LogP contribution in [0.15, 0.2) is 37.5 Å². The minimum atomic E-state index is -0.985. The van der Waals surface area contributed by atoms with Crippen molar-refractivity contribution in [3.05, 3.63) is 37.5 Å². The average molecular weight is 236 g/mol. The third-order valence-electron chi connectivity index (χ3n) is 2.95. The molecule has 0 amide bonds. The lowest BCUT2D eigenvalue weighted by atomic mass is 9.85. The molecule has 0 aromatic carbocycles. The van der Waals surface area contributed by atoms with E-state index in [4.69, 9.17) is 4.74 Å². The number of rotatable bonds is 7. The fraction of sp³-hybridized carbons (Fsp3) is 0.500. The summed E-state index contributed by atoms with van der Waals surface area (Å²) in [4.78, 5) is 12.0. The molecule has 0 bridgehead atoms. The van der Waals surface area contributed by atoms with Crippen molar-refractivity contribution >= 4 is 5.78 Å². The Morgan fingerprint density at radius 3 is 2.71 bits per heavy atom. The normalized spacial score (nSPS) is 28.1. The highest BCUT2D eigenvalue weighted by atomic mass is 16.6. The highest BCUT2D eigenvalue weighted by molar-refractivity contribution is 5.97. The quantitative estimate of drug-likeness (QED) is 0.545. The number of ketones is 1. The summed E-state index contributed by atoms with van der Waals surface area (Å²) in [7, 11) is 0. The number of allylic oxidation sites excluding steroid dienone is 2. The summed E-state index contributed by atoms with van der Waals surface area (Å²) in [5, 5.41) is 9.51. The number of ether oxygens (including phenoxy) is 1. The third-order valence-corrected chi connectivity index (χ3v) is 2.95. The molecule has 0 saturated carbocycles. The van der Waals surface area contributed by atoms with E-state index >= 15 is 0 Å². The monoisotopic (exact) mass is 236 g/mol. The number of aliphatic hydroxyl groups is 1. The van der Waals surface area contributed by atoms with Crippen molar-refractivity contribution in [3.63, 3.8) is 0 Å². The van der Waals surface area contributed by atoms with Crippen molar-refractivity contribution in [1.82, 2.24) is 0 Å². The molecule has 3 heteroatoms. The SMILES string of the molecule is C=CCCCC1(CCC=C)OC(O)C=CC1=O. The molecule has 0 aliphatic carbocycles. The molecule has 3 nitrogen and oxygen atoms in total. The van der Waals surface area contributed by atoms with E-state index in [2.05, 4.69) is 13.2 Å². The summed E-state index contributed by atoms with van der Waals surface area (Å²) in [6.07, 6.45) is 8.92. The van der Waals surface area contributed by atoms with Gasteiger partial charge in [-0.25, -0.2) is 0 Å². The van der Waals surface area contributed by atoms with Gasteiger partial charge in [0.15, 0.2) is 12.1 Å². The van der Waals surface area contributed by atoms with E-state index in [0.717, 1.165) is 12.8 Å². The van der Waals surface area contributed by atoms with Crippen LogP contribution in [0.25, 0.3) is 0 Å². The van der Waals surface area contributed by atoms with Gasteiger partial charge in [-0.3, -0.25) is 4.79 Å². The molecule has 1 aliphatic heterocycles. The maximum atomic E-state index is 12.0. The molecule has 2 unspecified atom stereocenters. The first-order valence-corrected chi connectivity index (χ1v) is 5.95. The molecule has 1 rings (SSSR count). The zero-order valence-electron chi connectivity index (χ0n) is 10.1. The maximum Gasteiger partial charge on any atom is 0.187 e. The number of hydrogen-bond donors (Lipinski definition) is 1. The second-order valence-corrected chi connectivity index (χ2v) is 4.23. The van der Waals surface area contributed by atoms with Crippen LogP contribution < -0.4 is 0 Å². The van der Waals surface area contributed by atoms with Crippen molar-refractivity contribution in [2.45, 2.75) is 44.0 Å². The summed E-state index contributed by atoms with van der Waals surface area (Å²) < 4.78 is 5.47. The second kappa shape index (κ2) is 6.52. The molecule has 0 aromatic rings. The van der Waals surface area contributed by atoms with E-state index in [9.17, 15) is 9.90 Å². The highest BCUT2D eigenvalue weighted by Gasteiger charge is 2.40. The van der Waals surface area contributed by atoms with Gasteiger partial charge in [0, 0.05) is 0 Å². The highest BCUT2D eigenvalue weighted by Crippen LogP contribution is 2.31. The first-order chi connectivity index (χ1) is 8.14. The first-order valence-electron chi connectivity index (χ1n) is 5.95. The number of carbonyl (C=O) groups excluding carboxylic acids is 1. The molecule has 2 atom stereocenters. The Kier molecular flexibility index (Phi) is 5.32. The fourth-order valence-electron chi connectivity index (χ4n) is 2.01. The van der Waals surface area contributed by atoms with Gasteiger partial charge in [0.1, 0.15) is 5.60 Å². The van der Waals surface area contributed by atoms with Gasteiger partial charge in [0.25, 0.3) is 0 Å². The van der Waals surface area contributed by atoms with Crippen LogP contribution in [0, 0.1) is 0 Å². The number of unbranched alkanes of at least 4 members (excludes halogenated alkanes) is 1. The molecule has 0 spiro atoms. The largest absolute Gasteiger partial charge is 0.365 e. The van der Waals surface area contributed by atoms with Gasteiger partial charge in [-0.15, -0.1) is 13.2 Å². The summed E-state index contributed by atoms with van der Waals surface area (Å²) in [5.74, 6) is -0.0614. The molecule has 0 saturated heterocycles. The van der Waals surface area contributed by atoms with Gasteiger partial charge < -0.3 is 9.84 Å². The standard InChI is InChI=1S/C14H20O3/c1-3-5-7-11-14(10-6-4-2)12(15)8-9-13(16)17-14/h3-4,8-9,13,16H,1-2,5-7,10-11H2. The number of hydrogen-bond acceptors (Lipinski definition) is 3. The van der Waals surface area contributed by atoms with Gasteiger partial charge in [-0.2, -0.15) is 0 Å². The van der Waals surface area contributed by atoms with Crippen LogP contribution in [0.3, 0.4) is 0 Å². The van der Waals surface area contributed by atoms with Crippen molar-refractivity contribution in [2.24, 2.45) is 0 Å². The van der Waals surface area contributed by atoms with Crippen LogP contribution in [0.5, 0.6) is 0 Å². The van der Waals surface area contributed by atoms with Gasteiger partial charge in [-0.05, 0) is 44.3 Å². The molecule has 0 aromatic heterocycles. The van der Waals surface area contributed by atoms with Gasteiger partial charge in [0.05, 0.1) is 0 Å². The van der Waals surface area contributed by atoms with Crippen molar-refractivity contribution in [2.75, 3.05) is 0 Å². The Labute approximate surface area is 102 Å². The lowest BCUT2D eigenvalue weighted by Gasteiger charge is -2.35. The molecule has 17 heavy (non-hydrogen) atoms. The Morgan fingerprint density at radius 2 is 2.06 bits per heavy atom. The van der Waals surface area contributed by atoms with Crippen LogP contribution in [-0.4, -0.2) is 22.8 Å². The zero-order valence-corrected chi connectivity index (χ0v) is 10.1. The van der Waals surface area contributed by atoms with E-state index in [1.165, 1.54) is 12.2 Å². The van der Waals surface area contributed by atoms with Crippen molar-refractivity contribution in [1.29, 1.82) is 0 Å². The molecular formula is C14H20O3. The summed E-state index contributed by atoms with van der Waals surface area (Å²) in [5.41, 5.74) is -0.884. The molecule has 94 valence electrons. The Morgan fingerprint density at radius 1 is 1.35 bits per heavy atom. The Bertz CT molecular complexity index is 319. The molecule has 1 heterocycles. The summed E-state index contributed by atoms with van der Waals surface area (Å²) in [6, 6.07) is 0. The minimum absolute atomic E-state index is 0.0614. The molecule has 1 aliphatic rings. The lowest BCUT2D eigenvalue weighted by molar-refractivity contribution is -0.182. The van der Waals surface area contributed by atoms with Crippen LogP contribution in [-0.2, 0) is 9.53 Å². The van der Waals surface area contributed by atoms with Crippen LogP contribution >= 0.6 is 0 Å². The average Bonchev–Trinajstić information content (AvgIpc) is 2.32. The van der Waals surface area contributed by atoms with Gasteiger partial charge >= 0.3 is 0 Å². The molecule has 1 N–H and O–H groups in total. The third kappa shape index (κ3) is 3.65. The van der Waals surface area contributed by atoms with Gasteiger partial charge in [0.2, 0.25) is 0 Å². The summed E-state index contributed by atoms with van der Waals surface area (Å²) in [6.45, 7) is 7.31. The van der Waals surface area contributed by atoms with E-state index in [1.807, 2.05) is 6.08 Å². The van der Waals surface area contributed by atoms with Crippen molar-refractivity contribution < 1.29 is 14.6 Å². The maximum absolute atomic E-state index is 12.0. The second-order valence-electron chi connectivity index (χ2n) is 4.23. The summed E-state index contributed by atoms with van der Waals surface area (Å²) >= 11 is 0. The smallest absolute Gasteiger partial charge is 0.187 e. The van der Waals surface area contributed by atoms with E-state index in [-0.39, 0.29) is 5.78 Å². The van der Waals surface area contributed by atoms with E-state index in [0.29, 0.717) is 19.3 Å². The fourth-order valence-corrected chi connectivity index (χ4v) is 2.01. The lowest BCUT2D eigenvalue weighted by Crippen LogP contribution is -2.46. The van der Waals surface area contributed by atoms with Crippen LogP contribution in [0.1, 0.15) is 32.1 Å².